The summed E-state index contributed by atoms with van der Waals surface area (Å²) in [6.45, 7) is 6.20. The van der Waals surface area contributed by atoms with E-state index < -0.39 is 0 Å². The summed E-state index contributed by atoms with van der Waals surface area (Å²) in [6.07, 6.45) is 0.911. The fraction of sp³-hybridized carbons (Fsp3) is 0.500. The zero-order valence-electron chi connectivity index (χ0n) is 9.85. The van der Waals surface area contributed by atoms with Crippen LogP contribution in [0.25, 0.3) is 0 Å². The summed E-state index contributed by atoms with van der Waals surface area (Å²) in [6, 6.07) is 4.72. The Morgan fingerprint density at radius 2 is 2.12 bits per heavy atom. The first-order valence-electron chi connectivity index (χ1n) is 5.33. The first-order valence-corrected chi connectivity index (χ1v) is 6.12. The molecule has 0 fully saturated rings. The Labute approximate surface area is 105 Å². The van der Waals surface area contributed by atoms with E-state index in [0.717, 1.165) is 10.9 Å². The van der Waals surface area contributed by atoms with Crippen molar-refractivity contribution in [2.24, 2.45) is 11.3 Å². The second-order valence-corrected chi connectivity index (χ2v) is 5.52. The zero-order chi connectivity index (χ0) is 12.3. The van der Waals surface area contributed by atoms with Crippen molar-refractivity contribution >= 4 is 15.9 Å². The fourth-order valence-corrected chi connectivity index (χ4v) is 2.06. The molecule has 0 aliphatic rings. The molecule has 16 heavy (non-hydrogen) atoms. The van der Waals surface area contributed by atoms with Gasteiger partial charge in [0.2, 0.25) is 0 Å². The summed E-state index contributed by atoms with van der Waals surface area (Å²) in [4.78, 5) is 0. The Balaban J connectivity index is 3.18. The molecule has 0 spiro atoms. The highest BCUT2D eigenvalue weighted by Gasteiger charge is 2.30. The monoisotopic (exact) mass is 288 g/mol. The summed E-state index contributed by atoms with van der Waals surface area (Å²) in [5.41, 5.74) is 3.22. The molecule has 1 aromatic rings. The lowest BCUT2D eigenvalue weighted by Gasteiger charge is -2.33. The Kier molecular flexibility index (Phi) is 4.47. The van der Waals surface area contributed by atoms with Crippen molar-refractivity contribution in [3.05, 3.63) is 34.1 Å². The molecule has 4 heteroatoms. The van der Waals surface area contributed by atoms with Crippen LogP contribution in [0, 0.1) is 11.2 Å². The van der Waals surface area contributed by atoms with Gasteiger partial charge < -0.3 is 0 Å². The minimum absolute atomic E-state index is 0.101. The standard InChI is InChI=1S/C12H18BrFN2/c1-4-12(2,3)11(16-15)9-7-8(13)5-6-10(9)14/h5-7,11,16H,4,15H2,1-3H3. The summed E-state index contributed by atoms with van der Waals surface area (Å²) < 4.78 is 14.6. The van der Waals surface area contributed by atoms with Crippen LogP contribution < -0.4 is 11.3 Å². The zero-order valence-corrected chi connectivity index (χ0v) is 11.4. The van der Waals surface area contributed by atoms with Crippen molar-refractivity contribution < 1.29 is 4.39 Å². The van der Waals surface area contributed by atoms with Gasteiger partial charge in [0.25, 0.3) is 0 Å². The van der Waals surface area contributed by atoms with Gasteiger partial charge in [0.05, 0.1) is 6.04 Å². The number of rotatable bonds is 4. The van der Waals surface area contributed by atoms with Gasteiger partial charge in [0, 0.05) is 10.0 Å². The fourth-order valence-electron chi connectivity index (χ4n) is 1.68. The highest BCUT2D eigenvalue weighted by molar-refractivity contribution is 9.10. The van der Waals surface area contributed by atoms with Crippen LogP contribution in [0.3, 0.4) is 0 Å². The molecule has 1 rings (SSSR count). The maximum atomic E-state index is 13.8. The Morgan fingerprint density at radius 3 is 2.62 bits per heavy atom. The van der Waals surface area contributed by atoms with Crippen LogP contribution in [-0.2, 0) is 0 Å². The minimum atomic E-state index is -0.229. The van der Waals surface area contributed by atoms with Gasteiger partial charge in [0.15, 0.2) is 0 Å². The number of halogens is 2. The quantitative estimate of drug-likeness (QED) is 0.657. The van der Waals surface area contributed by atoms with Gasteiger partial charge in [-0.1, -0.05) is 36.7 Å². The second-order valence-electron chi connectivity index (χ2n) is 4.61. The predicted octanol–water partition coefficient (Wildman–Crippen LogP) is 3.53. The third-order valence-electron chi connectivity index (χ3n) is 3.13. The molecule has 1 atom stereocenters. The molecular weight excluding hydrogens is 271 g/mol. The Hall–Kier alpha value is -0.450. The molecule has 0 amide bonds. The minimum Gasteiger partial charge on any atom is -0.271 e. The summed E-state index contributed by atoms with van der Waals surface area (Å²) in [7, 11) is 0. The molecule has 0 aliphatic carbocycles. The lowest BCUT2D eigenvalue weighted by molar-refractivity contribution is 0.231. The lowest BCUT2D eigenvalue weighted by atomic mass is 9.78. The van der Waals surface area contributed by atoms with Crippen molar-refractivity contribution in [1.82, 2.24) is 5.43 Å². The lowest BCUT2D eigenvalue weighted by Crippen LogP contribution is -2.38. The molecule has 0 heterocycles. The maximum Gasteiger partial charge on any atom is 0.128 e. The van der Waals surface area contributed by atoms with Crippen LogP contribution in [0.2, 0.25) is 0 Å². The van der Waals surface area contributed by atoms with Gasteiger partial charge in [-0.3, -0.25) is 11.3 Å². The number of hydrogen-bond donors (Lipinski definition) is 2. The van der Waals surface area contributed by atoms with Crippen molar-refractivity contribution in [3.63, 3.8) is 0 Å². The van der Waals surface area contributed by atoms with E-state index in [1.165, 1.54) is 6.07 Å². The molecule has 0 saturated heterocycles. The average Bonchev–Trinajstić information content (AvgIpc) is 2.24. The Morgan fingerprint density at radius 1 is 1.50 bits per heavy atom. The van der Waals surface area contributed by atoms with E-state index in [1.54, 1.807) is 12.1 Å². The van der Waals surface area contributed by atoms with Gasteiger partial charge in [-0.2, -0.15) is 0 Å². The first-order chi connectivity index (χ1) is 7.42. The van der Waals surface area contributed by atoms with Gasteiger partial charge in [0.1, 0.15) is 5.82 Å². The molecule has 0 radical (unpaired) electrons. The number of hydrazine groups is 1. The number of nitrogens with one attached hydrogen (secondary N) is 1. The van der Waals surface area contributed by atoms with Crippen molar-refractivity contribution in [1.29, 1.82) is 0 Å². The summed E-state index contributed by atoms with van der Waals surface area (Å²) >= 11 is 3.35. The summed E-state index contributed by atoms with van der Waals surface area (Å²) in [5.74, 6) is 5.32. The van der Waals surface area contributed by atoms with E-state index in [2.05, 4.69) is 42.1 Å². The largest absolute Gasteiger partial charge is 0.271 e. The van der Waals surface area contributed by atoms with Gasteiger partial charge in [-0.05, 0) is 30.0 Å². The van der Waals surface area contributed by atoms with Crippen LogP contribution in [0.4, 0.5) is 4.39 Å². The molecule has 3 N–H and O–H groups in total. The van der Waals surface area contributed by atoms with Crippen molar-refractivity contribution in [2.75, 3.05) is 0 Å². The number of nitrogens with two attached hydrogens (primary N) is 1. The van der Waals surface area contributed by atoms with Crippen LogP contribution in [0.1, 0.15) is 38.8 Å². The first kappa shape index (κ1) is 13.6. The van der Waals surface area contributed by atoms with E-state index in [0.29, 0.717) is 5.56 Å². The Bertz CT molecular complexity index is 366. The normalized spacial score (nSPS) is 13.9. The van der Waals surface area contributed by atoms with Crippen molar-refractivity contribution in [2.45, 2.75) is 33.2 Å². The van der Waals surface area contributed by atoms with E-state index in [1.807, 2.05) is 0 Å². The van der Waals surface area contributed by atoms with Gasteiger partial charge in [-0.15, -0.1) is 0 Å². The van der Waals surface area contributed by atoms with Crippen LogP contribution >= 0.6 is 15.9 Å². The van der Waals surface area contributed by atoms with Crippen LogP contribution in [-0.4, -0.2) is 0 Å². The molecule has 1 aromatic carbocycles. The van der Waals surface area contributed by atoms with E-state index in [-0.39, 0.29) is 17.3 Å². The van der Waals surface area contributed by atoms with Crippen LogP contribution in [0.15, 0.2) is 22.7 Å². The van der Waals surface area contributed by atoms with E-state index >= 15 is 0 Å². The molecule has 0 aliphatic heterocycles. The number of benzene rings is 1. The molecule has 0 aromatic heterocycles. The van der Waals surface area contributed by atoms with E-state index in [9.17, 15) is 4.39 Å². The topological polar surface area (TPSA) is 38.0 Å². The number of hydrogen-bond acceptors (Lipinski definition) is 2. The van der Waals surface area contributed by atoms with Gasteiger partial charge >= 0.3 is 0 Å². The molecule has 2 nitrogen and oxygen atoms in total. The van der Waals surface area contributed by atoms with Crippen LogP contribution in [0.5, 0.6) is 0 Å². The summed E-state index contributed by atoms with van der Waals surface area (Å²) in [5, 5.41) is 0. The maximum absolute atomic E-state index is 13.8. The molecular formula is C12H18BrFN2. The average molecular weight is 289 g/mol. The van der Waals surface area contributed by atoms with E-state index in [4.69, 9.17) is 5.84 Å². The smallest absolute Gasteiger partial charge is 0.128 e. The molecule has 1 unspecified atom stereocenters. The third-order valence-corrected chi connectivity index (χ3v) is 3.62. The second kappa shape index (κ2) is 5.25. The highest BCUT2D eigenvalue weighted by Crippen LogP contribution is 2.37. The predicted molar refractivity (Wildman–Crippen MR) is 68.2 cm³/mol. The molecule has 90 valence electrons. The van der Waals surface area contributed by atoms with Crippen molar-refractivity contribution in [3.8, 4) is 0 Å². The third kappa shape index (κ3) is 2.81. The van der Waals surface area contributed by atoms with Gasteiger partial charge in [-0.25, -0.2) is 4.39 Å². The highest BCUT2D eigenvalue weighted by atomic mass is 79.9. The molecule has 0 saturated carbocycles. The molecule has 0 bridgehead atoms. The SMILES string of the molecule is CCC(C)(C)C(NN)c1cc(Br)ccc1F.